The summed E-state index contributed by atoms with van der Waals surface area (Å²) in [5.74, 6) is -1.14. The highest BCUT2D eigenvalue weighted by molar-refractivity contribution is 5.98. The minimum Gasteiger partial charge on any atom is -0.386 e. The normalized spacial score (nSPS) is 29.8. The summed E-state index contributed by atoms with van der Waals surface area (Å²) in [4.78, 5) is 11.8. The lowest BCUT2D eigenvalue weighted by atomic mass is 10.0. The molecule has 0 saturated carbocycles. The number of ketones is 1. The van der Waals surface area contributed by atoms with Crippen molar-refractivity contribution in [1.29, 1.82) is 0 Å². The van der Waals surface area contributed by atoms with Gasteiger partial charge in [0.1, 0.15) is 12.2 Å². The molecule has 0 unspecified atom stereocenters. The summed E-state index contributed by atoms with van der Waals surface area (Å²) in [6, 6.07) is 0. The average Bonchev–Trinajstić information content (AvgIpc) is 2.52. The Morgan fingerprint density at radius 3 is 2.50 bits per heavy atom. The van der Waals surface area contributed by atoms with Gasteiger partial charge in [-0.1, -0.05) is 12.7 Å². The summed E-state index contributed by atoms with van der Waals surface area (Å²) in [7, 11) is 0. The third-order valence-corrected chi connectivity index (χ3v) is 2.39. The van der Waals surface area contributed by atoms with E-state index in [1.165, 1.54) is 6.08 Å². The first-order valence-electron chi connectivity index (χ1n) is 5.14. The van der Waals surface area contributed by atoms with Crippen LogP contribution in [0.3, 0.4) is 0 Å². The molecule has 3 atom stereocenters. The van der Waals surface area contributed by atoms with E-state index in [2.05, 4.69) is 13.2 Å². The Morgan fingerprint density at radius 1 is 1.50 bits per heavy atom. The molecule has 0 aromatic rings. The maximum Gasteiger partial charge on any atom is 0.189 e. The Labute approximate surface area is 95.6 Å². The van der Waals surface area contributed by atoms with E-state index in [1.54, 1.807) is 20.8 Å². The molecule has 0 aromatic carbocycles. The first-order valence-corrected chi connectivity index (χ1v) is 5.14. The van der Waals surface area contributed by atoms with E-state index in [0.717, 1.165) is 0 Å². The third kappa shape index (κ3) is 2.58. The van der Waals surface area contributed by atoms with Crippen molar-refractivity contribution in [2.24, 2.45) is 0 Å². The standard InChI is InChI=1S/C12H18O4/c1-6-8(13)10-11(9(14)7(2)3)16-12(4,5)15-10/h6,8,10-11,13H,1-2H2,3-5H3/t8-,10-,11-/m0/s1. The number of aliphatic hydroxyl groups is 1. The van der Waals surface area contributed by atoms with Crippen LogP contribution in [0.2, 0.25) is 0 Å². The summed E-state index contributed by atoms with van der Waals surface area (Å²) in [5, 5.41) is 9.69. The van der Waals surface area contributed by atoms with Gasteiger partial charge in [0.25, 0.3) is 0 Å². The second-order valence-electron chi connectivity index (χ2n) is 4.39. The fraction of sp³-hybridized carbons (Fsp3) is 0.583. The molecule has 1 aliphatic heterocycles. The van der Waals surface area contributed by atoms with E-state index >= 15 is 0 Å². The number of hydrogen-bond acceptors (Lipinski definition) is 4. The van der Waals surface area contributed by atoms with E-state index in [0.29, 0.717) is 5.57 Å². The predicted molar refractivity (Wildman–Crippen MR) is 59.8 cm³/mol. The minimum atomic E-state index is -0.935. The molecule has 1 rings (SSSR count). The Balaban J connectivity index is 2.92. The van der Waals surface area contributed by atoms with Crippen molar-refractivity contribution in [3.05, 3.63) is 24.8 Å². The molecule has 16 heavy (non-hydrogen) atoms. The average molecular weight is 226 g/mol. The molecular formula is C12H18O4. The Hall–Kier alpha value is -0.970. The largest absolute Gasteiger partial charge is 0.386 e. The molecule has 0 amide bonds. The first kappa shape index (κ1) is 13.1. The molecule has 1 N–H and O–H groups in total. The molecule has 1 saturated heterocycles. The summed E-state index contributed by atoms with van der Waals surface area (Å²) in [5.41, 5.74) is 0.382. The Morgan fingerprint density at radius 2 is 2.06 bits per heavy atom. The zero-order valence-corrected chi connectivity index (χ0v) is 9.90. The lowest BCUT2D eigenvalue weighted by molar-refractivity contribution is -0.156. The maximum atomic E-state index is 11.8. The Bertz CT molecular complexity index is 319. The number of rotatable bonds is 4. The van der Waals surface area contributed by atoms with Gasteiger partial charge in [0.15, 0.2) is 17.7 Å². The van der Waals surface area contributed by atoms with Crippen LogP contribution in [0.1, 0.15) is 20.8 Å². The van der Waals surface area contributed by atoms with Crippen LogP contribution in [0.5, 0.6) is 0 Å². The van der Waals surface area contributed by atoms with E-state index in [9.17, 15) is 9.90 Å². The van der Waals surface area contributed by atoms with Gasteiger partial charge in [-0.3, -0.25) is 4.79 Å². The molecule has 0 radical (unpaired) electrons. The predicted octanol–water partition coefficient (Wildman–Crippen LogP) is 1.20. The molecule has 4 nitrogen and oxygen atoms in total. The maximum absolute atomic E-state index is 11.8. The van der Waals surface area contributed by atoms with Crippen molar-refractivity contribution in [1.82, 2.24) is 0 Å². The molecule has 0 bridgehead atoms. The second-order valence-corrected chi connectivity index (χ2v) is 4.39. The van der Waals surface area contributed by atoms with Crippen LogP contribution in [-0.4, -0.2) is 35.0 Å². The van der Waals surface area contributed by atoms with Gasteiger partial charge in [0.2, 0.25) is 0 Å². The van der Waals surface area contributed by atoms with Gasteiger partial charge in [0, 0.05) is 0 Å². The molecule has 1 fully saturated rings. The smallest absolute Gasteiger partial charge is 0.189 e. The number of carbonyl (C=O) groups is 1. The molecule has 0 aliphatic carbocycles. The van der Waals surface area contributed by atoms with Crippen LogP contribution >= 0.6 is 0 Å². The summed E-state index contributed by atoms with van der Waals surface area (Å²) >= 11 is 0. The van der Waals surface area contributed by atoms with E-state index in [4.69, 9.17) is 9.47 Å². The number of Topliss-reactive ketones (excluding diaryl/α,β-unsaturated/α-hetero) is 1. The number of hydrogen-bond donors (Lipinski definition) is 1. The first-order chi connectivity index (χ1) is 7.28. The second kappa shape index (κ2) is 4.49. The highest BCUT2D eigenvalue weighted by atomic mass is 16.8. The van der Waals surface area contributed by atoms with Crippen LogP contribution < -0.4 is 0 Å². The van der Waals surface area contributed by atoms with Crippen LogP contribution in [0.15, 0.2) is 24.8 Å². The highest BCUT2D eigenvalue weighted by Gasteiger charge is 2.47. The summed E-state index contributed by atoms with van der Waals surface area (Å²) in [6.07, 6.45) is -1.15. The SMILES string of the molecule is C=C[C@H](O)[C@@H]1OC(C)(C)O[C@H]1C(=O)C(=C)C. The molecule has 0 aromatic heterocycles. The van der Waals surface area contributed by atoms with Crippen LogP contribution in [-0.2, 0) is 14.3 Å². The lowest BCUT2D eigenvalue weighted by Crippen LogP contribution is -2.39. The minimum absolute atomic E-state index is 0.253. The van der Waals surface area contributed by atoms with E-state index in [1.807, 2.05) is 0 Å². The number of ether oxygens (including phenoxy) is 2. The van der Waals surface area contributed by atoms with E-state index < -0.39 is 24.1 Å². The molecule has 1 aliphatic rings. The fourth-order valence-corrected chi connectivity index (χ4v) is 1.62. The Kier molecular flexibility index (Phi) is 3.68. The van der Waals surface area contributed by atoms with Gasteiger partial charge < -0.3 is 14.6 Å². The topological polar surface area (TPSA) is 55.8 Å². The summed E-state index contributed by atoms with van der Waals surface area (Å²) < 4.78 is 10.9. The third-order valence-electron chi connectivity index (χ3n) is 2.39. The zero-order valence-electron chi connectivity index (χ0n) is 9.90. The molecule has 0 spiro atoms. The van der Waals surface area contributed by atoms with Gasteiger partial charge in [-0.05, 0) is 26.3 Å². The zero-order chi connectivity index (χ0) is 12.5. The highest BCUT2D eigenvalue weighted by Crippen LogP contribution is 2.31. The van der Waals surface area contributed by atoms with Crippen molar-refractivity contribution in [3.63, 3.8) is 0 Å². The van der Waals surface area contributed by atoms with Crippen molar-refractivity contribution >= 4 is 5.78 Å². The van der Waals surface area contributed by atoms with Crippen LogP contribution in [0, 0.1) is 0 Å². The van der Waals surface area contributed by atoms with Gasteiger partial charge in [0.05, 0.1) is 0 Å². The van der Waals surface area contributed by atoms with Crippen molar-refractivity contribution in [2.75, 3.05) is 0 Å². The van der Waals surface area contributed by atoms with Crippen molar-refractivity contribution in [3.8, 4) is 0 Å². The number of aliphatic hydroxyl groups excluding tert-OH is 1. The van der Waals surface area contributed by atoms with Crippen LogP contribution in [0.4, 0.5) is 0 Å². The van der Waals surface area contributed by atoms with Crippen molar-refractivity contribution < 1.29 is 19.4 Å². The fourth-order valence-electron chi connectivity index (χ4n) is 1.62. The monoisotopic (exact) mass is 226 g/mol. The molecule has 4 heteroatoms. The van der Waals surface area contributed by atoms with E-state index in [-0.39, 0.29) is 5.78 Å². The summed E-state index contributed by atoms with van der Waals surface area (Å²) in [6.45, 7) is 12.0. The molecular weight excluding hydrogens is 208 g/mol. The van der Waals surface area contributed by atoms with Gasteiger partial charge in [-0.25, -0.2) is 0 Å². The van der Waals surface area contributed by atoms with Gasteiger partial charge in [-0.2, -0.15) is 0 Å². The van der Waals surface area contributed by atoms with Gasteiger partial charge in [-0.15, -0.1) is 6.58 Å². The van der Waals surface area contributed by atoms with Crippen molar-refractivity contribution in [2.45, 2.75) is 44.9 Å². The quantitative estimate of drug-likeness (QED) is 0.578. The molecule has 1 heterocycles. The lowest BCUT2D eigenvalue weighted by Gasteiger charge is -2.19. The number of carbonyl (C=O) groups excluding carboxylic acids is 1. The van der Waals surface area contributed by atoms with Gasteiger partial charge >= 0.3 is 0 Å². The van der Waals surface area contributed by atoms with Crippen LogP contribution in [0.25, 0.3) is 0 Å². The molecule has 90 valence electrons.